The monoisotopic (exact) mass is 389 g/mol. The highest BCUT2D eigenvalue weighted by Gasteiger charge is 2.37. The van der Waals surface area contributed by atoms with Crippen LogP contribution in [-0.4, -0.2) is 33.1 Å². The molecule has 0 saturated carbocycles. The summed E-state index contributed by atoms with van der Waals surface area (Å²) in [7, 11) is 0. The van der Waals surface area contributed by atoms with Crippen LogP contribution in [-0.2, 0) is 9.53 Å². The van der Waals surface area contributed by atoms with Crippen molar-refractivity contribution in [3.8, 4) is 0 Å². The number of likely N-dealkylation sites (tertiary alicyclic amines) is 1. The largest absolute Gasteiger partial charge is 0.460 e. The van der Waals surface area contributed by atoms with Gasteiger partial charge in [0, 0.05) is 6.54 Å². The summed E-state index contributed by atoms with van der Waals surface area (Å²) in [5.41, 5.74) is -0.394. The summed E-state index contributed by atoms with van der Waals surface area (Å²) in [5.74, 6) is -0.0357. The number of carbonyl (C=O) groups is 1. The molecule has 2 aliphatic rings. The summed E-state index contributed by atoms with van der Waals surface area (Å²) >= 11 is 2.51. The van der Waals surface area contributed by atoms with Crippen molar-refractivity contribution in [2.24, 2.45) is 5.92 Å². The zero-order valence-electron chi connectivity index (χ0n) is 12.6. The van der Waals surface area contributed by atoms with Crippen LogP contribution in [0, 0.1) is 5.92 Å². The van der Waals surface area contributed by atoms with Gasteiger partial charge >= 0.3 is 5.97 Å². The molecule has 1 fully saturated rings. The Morgan fingerprint density at radius 2 is 2.15 bits per heavy atom. The molecular formula is C16H24INO2. The van der Waals surface area contributed by atoms with Crippen molar-refractivity contribution in [2.75, 3.05) is 13.1 Å². The van der Waals surface area contributed by atoms with Crippen LogP contribution < -0.4 is 0 Å². The van der Waals surface area contributed by atoms with Gasteiger partial charge in [0.15, 0.2) is 0 Å². The van der Waals surface area contributed by atoms with Crippen LogP contribution in [0.15, 0.2) is 24.3 Å². The second-order valence-electron chi connectivity index (χ2n) is 6.63. The van der Waals surface area contributed by atoms with Gasteiger partial charge in [0.05, 0.1) is 9.46 Å². The lowest BCUT2D eigenvalue weighted by Crippen LogP contribution is -2.50. The van der Waals surface area contributed by atoms with Gasteiger partial charge in [0.25, 0.3) is 0 Å². The van der Waals surface area contributed by atoms with Crippen LogP contribution >= 0.6 is 22.6 Å². The maximum Gasteiger partial charge on any atom is 0.310 e. The van der Waals surface area contributed by atoms with Crippen molar-refractivity contribution >= 4 is 28.6 Å². The molecule has 20 heavy (non-hydrogen) atoms. The number of halogens is 1. The Hall–Kier alpha value is -0.360. The molecule has 0 spiro atoms. The van der Waals surface area contributed by atoms with E-state index in [1.807, 2.05) is 20.8 Å². The number of rotatable bonds is 2. The van der Waals surface area contributed by atoms with Gasteiger partial charge in [-0.1, -0.05) is 46.9 Å². The van der Waals surface area contributed by atoms with Gasteiger partial charge < -0.3 is 4.74 Å². The van der Waals surface area contributed by atoms with Crippen molar-refractivity contribution < 1.29 is 9.53 Å². The van der Waals surface area contributed by atoms with E-state index in [1.54, 1.807) is 0 Å². The molecule has 2 rings (SSSR count). The van der Waals surface area contributed by atoms with Crippen molar-refractivity contribution in [2.45, 2.75) is 49.2 Å². The van der Waals surface area contributed by atoms with E-state index >= 15 is 0 Å². The minimum atomic E-state index is -0.394. The number of ether oxygens (including phenoxy) is 1. The standard InChI is InChI=1S/C16H24INO2/c1-15(2,3)20-14(19)13-8-7-11-18(12-13)16(17)9-5-4-6-10-16/h4-6,9,13H,7-8,10-12H2,1-3H3. The molecule has 0 aromatic carbocycles. The second kappa shape index (κ2) is 6.18. The first-order valence-corrected chi connectivity index (χ1v) is 8.39. The predicted octanol–water partition coefficient (Wildman–Crippen LogP) is 3.69. The normalized spacial score (nSPS) is 31.3. The number of esters is 1. The maximum atomic E-state index is 12.3. The van der Waals surface area contributed by atoms with E-state index in [0.29, 0.717) is 0 Å². The molecule has 1 saturated heterocycles. The fraction of sp³-hybridized carbons (Fsp3) is 0.688. The van der Waals surface area contributed by atoms with E-state index in [-0.39, 0.29) is 15.4 Å². The van der Waals surface area contributed by atoms with Gasteiger partial charge in [-0.05, 0) is 46.6 Å². The number of allylic oxidation sites excluding steroid dienone is 2. The van der Waals surface area contributed by atoms with Crippen LogP contribution in [0.5, 0.6) is 0 Å². The van der Waals surface area contributed by atoms with E-state index < -0.39 is 5.60 Å². The molecule has 112 valence electrons. The highest BCUT2D eigenvalue weighted by atomic mass is 127. The zero-order chi connectivity index (χ0) is 14.8. The Balaban J connectivity index is 2.00. The minimum absolute atomic E-state index is 0.00826. The van der Waals surface area contributed by atoms with E-state index in [2.05, 4.69) is 51.8 Å². The van der Waals surface area contributed by atoms with Gasteiger partial charge in [-0.2, -0.15) is 0 Å². The lowest BCUT2D eigenvalue weighted by molar-refractivity contribution is -0.162. The highest BCUT2D eigenvalue weighted by Crippen LogP contribution is 2.36. The quantitative estimate of drug-likeness (QED) is 0.312. The maximum absolute atomic E-state index is 12.3. The van der Waals surface area contributed by atoms with Crippen molar-refractivity contribution in [3.63, 3.8) is 0 Å². The Labute approximate surface area is 135 Å². The van der Waals surface area contributed by atoms with Gasteiger partial charge in [-0.25, -0.2) is 0 Å². The van der Waals surface area contributed by atoms with E-state index in [0.717, 1.165) is 32.4 Å². The summed E-state index contributed by atoms with van der Waals surface area (Å²) < 4.78 is 5.57. The fourth-order valence-corrected chi connectivity index (χ4v) is 3.61. The third kappa shape index (κ3) is 4.07. The smallest absolute Gasteiger partial charge is 0.310 e. The second-order valence-corrected chi connectivity index (χ2v) is 8.50. The summed E-state index contributed by atoms with van der Waals surface area (Å²) in [6, 6.07) is 0. The molecule has 2 atom stereocenters. The molecule has 4 heteroatoms. The first-order valence-electron chi connectivity index (χ1n) is 7.31. The number of carbonyl (C=O) groups excluding carboxylic acids is 1. The van der Waals surface area contributed by atoms with Crippen molar-refractivity contribution in [1.29, 1.82) is 0 Å². The number of hydrogen-bond acceptors (Lipinski definition) is 3. The lowest BCUT2D eigenvalue weighted by Gasteiger charge is -2.42. The molecule has 0 bridgehead atoms. The lowest BCUT2D eigenvalue weighted by atomic mass is 9.95. The molecule has 2 unspecified atom stereocenters. The summed E-state index contributed by atoms with van der Waals surface area (Å²) in [6.45, 7) is 7.65. The first kappa shape index (κ1) is 16.0. The fourth-order valence-electron chi connectivity index (χ4n) is 2.71. The summed E-state index contributed by atoms with van der Waals surface area (Å²) in [6.07, 6.45) is 11.6. The Morgan fingerprint density at radius 3 is 2.75 bits per heavy atom. The Kier molecular flexibility index (Phi) is 4.95. The predicted molar refractivity (Wildman–Crippen MR) is 89.8 cm³/mol. The number of hydrogen-bond donors (Lipinski definition) is 0. The zero-order valence-corrected chi connectivity index (χ0v) is 14.7. The number of piperidine rings is 1. The van der Waals surface area contributed by atoms with Crippen LogP contribution in [0.2, 0.25) is 0 Å². The summed E-state index contributed by atoms with van der Waals surface area (Å²) in [4.78, 5) is 14.7. The molecule has 0 aromatic heterocycles. The first-order chi connectivity index (χ1) is 9.30. The van der Waals surface area contributed by atoms with Gasteiger partial charge in [-0.3, -0.25) is 9.69 Å². The molecule has 3 nitrogen and oxygen atoms in total. The SMILES string of the molecule is CC(C)(C)OC(=O)C1CCCN(C2(I)C=CC=CC2)C1. The molecule has 1 aliphatic carbocycles. The van der Waals surface area contributed by atoms with E-state index in [9.17, 15) is 4.79 Å². The third-order valence-corrected chi connectivity index (χ3v) is 5.17. The highest BCUT2D eigenvalue weighted by molar-refractivity contribution is 14.1. The molecule has 0 radical (unpaired) electrons. The van der Waals surface area contributed by atoms with E-state index in [1.165, 1.54) is 0 Å². The van der Waals surface area contributed by atoms with E-state index in [4.69, 9.17) is 4.74 Å². The van der Waals surface area contributed by atoms with Crippen LogP contribution in [0.3, 0.4) is 0 Å². The number of nitrogens with zero attached hydrogens (tertiary/aromatic N) is 1. The van der Waals surface area contributed by atoms with Gasteiger partial charge in [0.2, 0.25) is 0 Å². The average Bonchev–Trinajstić information content (AvgIpc) is 2.38. The molecule has 1 aliphatic heterocycles. The Bertz CT molecular complexity index is 425. The third-order valence-electron chi connectivity index (χ3n) is 3.69. The van der Waals surface area contributed by atoms with Gasteiger partial charge in [-0.15, -0.1) is 0 Å². The van der Waals surface area contributed by atoms with Crippen molar-refractivity contribution in [3.05, 3.63) is 24.3 Å². The van der Waals surface area contributed by atoms with Crippen LogP contribution in [0.1, 0.15) is 40.0 Å². The minimum Gasteiger partial charge on any atom is -0.460 e. The van der Waals surface area contributed by atoms with Gasteiger partial charge in [0.1, 0.15) is 5.60 Å². The molecule has 0 aromatic rings. The molecular weight excluding hydrogens is 365 g/mol. The Morgan fingerprint density at radius 1 is 1.40 bits per heavy atom. The molecule has 0 N–H and O–H groups in total. The van der Waals surface area contributed by atoms with Crippen molar-refractivity contribution in [1.82, 2.24) is 4.90 Å². The molecule has 0 amide bonds. The summed E-state index contributed by atoms with van der Waals surface area (Å²) in [5, 5.41) is 0. The molecule has 1 heterocycles. The topological polar surface area (TPSA) is 29.5 Å². The number of alkyl halides is 1. The average molecular weight is 389 g/mol. The van der Waals surface area contributed by atoms with Crippen LogP contribution in [0.4, 0.5) is 0 Å². The van der Waals surface area contributed by atoms with Crippen LogP contribution in [0.25, 0.3) is 0 Å².